The average Bonchev–Trinajstić information content (AvgIpc) is 2.17. The van der Waals surface area contributed by atoms with E-state index in [9.17, 15) is 9.05 Å². The van der Waals surface area contributed by atoms with Gasteiger partial charge in [-0.2, -0.15) is 0 Å². The van der Waals surface area contributed by atoms with Gasteiger partial charge in [0.2, 0.25) is 0 Å². The van der Waals surface area contributed by atoms with Gasteiger partial charge in [-0.1, -0.05) is 5.31 Å². The van der Waals surface area contributed by atoms with Crippen LogP contribution in [0.25, 0.3) is 0 Å². The van der Waals surface area contributed by atoms with Crippen molar-refractivity contribution in [1.29, 1.82) is 0 Å². The van der Waals surface area contributed by atoms with Gasteiger partial charge in [0.05, 0.1) is 13.2 Å². The van der Waals surface area contributed by atoms with E-state index in [4.69, 9.17) is 0 Å². The molecule has 0 atom stereocenters. The van der Waals surface area contributed by atoms with E-state index in [1.54, 1.807) is 0 Å². The van der Waals surface area contributed by atoms with Crippen LogP contribution < -0.4 is 5.31 Å². The fourth-order valence-corrected chi connectivity index (χ4v) is 1.20. The number of nitrogens with one attached hydrogen (secondary N) is 1. The highest BCUT2D eigenvalue weighted by molar-refractivity contribution is 7.51. The van der Waals surface area contributed by atoms with Crippen LogP contribution in [0.2, 0.25) is 0 Å². The van der Waals surface area contributed by atoms with E-state index in [1.807, 2.05) is 0 Å². The number of hydrogen-bond acceptors (Lipinski definition) is 3. The van der Waals surface area contributed by atoms with Crippen molar-refractivity contribution in [2.45, 2.75) is 0 Å². The summed E-state index contributed by atoms with van der Waals surface area (Å²) in [6.07, 6.45) is 0. The van der Waals surface area contributed by atoms with Gasteiger partial charge < -0.3 is 0 Å². The molecule has 1 fully saturated rings. The van der Waals surface area contributed by atoms with Crippen LogP contribution in [-0.2, 0) is 13.6 Å². The first-order chi connectivity index (χ1) is 3.77. The second-order valence-corrected chi connectivity index (χ2v) is 2.93. The maximum absolute atomic E-state index is 11.3. The third kappa shape index (κ3) is 1.06. The molecule has 1 rings (SSSR count). The van der Waals surface area contributed by atoms with Crippen LogP contribution in [0.4, 0.5) is 4.48 Å². The molecule has 0 aromatic carbocycles. The molecule has 0 aromatic heterocycles. The molecular formula is C2H5FNO3P. The quantitative estimate of drug-likeness (QED) is 0.429. The molecule has 48 valence electrons. The summed E-state index contributed by atoms with van der Waals surface area (Å²) in [5, 5.41) is 0.951. The van der Waals surface area contributed by atoms with Crippen molar-refractivity contribution in [3.8, 4) is 0 Å². The van der Waals surface area contributed by atoms with Crippen LogP contribution in [0.5, 0.6) is 0 Å². The molecule has 0 spiro atoms. The maximum atomic E-state index is 11.3. The normalized spacial score (nSPS) is 26.1. The minimum Gasteiger partial charge on any atom is -0.293 e. The van der Waals surface area contributed by atoms with Crippen LogP contribution in [0, 0.1) is 0 Å². The lowest BCUT2D eigenvalue weighted by Crippen LogP contribution is -1.95. The molecule has 0 unspecified atom stereocenters. The van der Waals surface area contributed by atoms with Crippen molar-refractivity contribution in [2.24, 2.45) is 0 Å². The SMILES string of the molecule is O=P1(NF)OCCO1. The van der Waals surface area contributed by atoms with Crippen molar-refractivity contribution in [2.75, 3.05) is 13.2 Å². The Balaban J connectivity index is 2.53. The minimum absolute atomic E-state index is 0.189. The highest BCUT2D eigenvalue weighted by atomic mass is 31.2. The Morgan fingerprint density at radius 2 is 2.00 bits per heavy atom. The van der Waals surface area contributed by atoms with Gasteiger partial charge in [-0.3, -0.25) is 9.05 Å². The first-order valence-corrected chi connectivity index (χ1v) is 3.58. The highest BCUT2D eigenvalue weighted by Gasteiger charge is 2.29. The summed E-state index contributed by atoms with van der Waals surface area (Å²) in [6.45, 7) is 0.377. The van der Waals surface area contributed by atoms with E-state index in [-0.39, 0.29) is 13.2 Å². The molecule has 0 aromatic rings. The smallest absolute Gasteiger partial charge is 0.293 e. The zero-order chi connectivity index (χ0) is 6.04. The van der Waals surface area contributed by atoms with Gasteiger partial charge in [0.25, 0.3) is 0 Å². The lowest BCUT2D eigenvalue weighted by Gasteiger charge is -2.00. The van der Waals surface area contributed by atoms with Crippen molar-refractivity contribution in [3.63, 3.8) is 0 Å². The molecule has 0 bridgehead atoms. The Bertz CT molecular complexity index is 118. The van der Waals surface area contributed by atoms with Crippen LogP contribution >= 0.6 is 7.75 Å². The lowest BCUT2D eigenvalue weighted by molar-refractivity contribution is 0.286. The molecule has 8 heavy (non-hydrogen) atoms. The third-order valence-corrected chi connectivity index (χ3v) is 1.96. The van der Waals surface area contributed by atoms with Crippen LogP contribution in [-0.4, -0.2) is 13.2 Å². The van der Waals surface area contributed by atoms with Crippen molar-refractivity contribution >= 4 is 7.75 Å². The molecule has 1 aliphatic rings. The van der Waals surface area contributed by atoms with Crippen LogP contribution in [0.15, 0.2) is 0 Å². The van der Waals surface area contributed by atoms with E-state index in [0.29, 0.717) is 0 Å². The van der Waals surface area contributed by atoms with Gasteiger partial charge in [0, 0.05) is 0 Å². The van der Waals surface area contributed by atoms with Gasteiger partial charge in [0.1, 0.15) is 0 Å². The second kappa shape index (κ2) is 2.11. The maximum Gasteiger partial charge on any atom is 0.433 e. The molecule has 0 saturated carbocycles. The fraction of sp³-hybridized carbons (Fsp3) is 1.00. The van der Waals surface area contributed by atoms with E-state index < -0.39 is 7.75 Å². The number of hydrogen-bond donors (Lipinski definition) is 1. The van der Waals surface area contributed by atoms with Gasteiger partial charge >= 0.3 is 7.75 Å². The first-order valence-electron chi connectivity index (χ1n) is 2.04. The minimum atomic E-state index is -3.47. The monoisotopic (exact) mass is 141 g/mol. The molecule has 1 heterocycles. The molecule has 6 heteroatoms. The Hall–Kier alpha value is 0.0400. The first kappa shape index (κ1) is 6.16. The van der Waals surface area contributed by atoms with E-state index >= 15 is 0 Å². The summed E-state index contributed by atoms with van der Waals surface area (Å²) in [5.74, 6) is 0. The average molecular weight is 141 g/mol. The summed E-state index contributed by atoms with van der Waals surface area (Å²) < 4.78 is 30.4. The molecule has 1 aliphatic heterocycles. The predicted molar refractivity (Wildman–Crippen MR) is 23.8 cm³/mol. The Morgan fingerprint density at radius 1 is 1.50 bits per heavy atom. The number of rotatable bonds is 1. The summed E-state index contributed by atoms with van der Waals surface area (Å²) in [4.78, 5) is 0. The standard InChI is InChI=1S/C2H5FNO3P/c3-4-8(5)6-1-2-7-8/h1-2H2,(H,4,5). The van der Waals surface area contributed by atoms with E-state index in [0.717, 1.165) is 5.31 Å². The molecule has 0 radical (unpaired) electrons. The predicted octanol–water partition coefficient (Wildman–Crippen LogP) is 0.615. The highest BCUT2D eigenvalue weighted by Crippen LogP contribution is 2.47. The Labute approximate surface area is 45.5 Å². The van der Waals surface area contributed by atoms with Gasteiger partial charge in [-0.25, -0.2) is 4.57 Å². The lowest BCUT2D eigenvalue weighted by atomic mass is 10.8. The molecule has 1 saturated heterocycles. The molecule has 0 amide bonds. The topological polar surface area (TPSA) is 47.6 Å². The summed E-state index contributed by atoms with van der Waals surface area (Å²) in [6, 6.07) is 0. The van der Waals surface area contributed by atoms with E-state index in [1.165, 1.54) is 0 Å². The molecular weight excluding hydrogens is 136 g/mol. The summed E-state index contributed by atoms with van der Waals surface area (Å²) >= 11 is 0. The largest absolute Gasteiger partial charge is 0.433 e. The Kier molecular flexibility index (Phi) is 1.62. The van der Waals surface area contributed by atoms with Crippen molar-refractivity contribution in [3.05, 3.63) is 0 Å². The van der Waals surface area contributed by atoms with Crippen molar-refractivity contribution in [1.82, 2.24) is 5.31 Å². The van der Waals surface area contributed by atoms with E-state index in [2.05, 4.69) is 9.05 Å². The third-order valence-electron chi connectivity index (χ3n) is 0.709. The molecule has 0 aliphatic carbocycles. The fourth-order valence-electron chi connectivity index (χ4n) is 0.401. The van der Waals surface area contributed by atoms with Gasteiger partial charge in [-0.15, -0.1) is 4.48 Å². The Morgan fingerprint density at radius 3 is 2.25 bits per heavy atom. The summed E-state index contributed by atoms with van der Waals surface area (Å²) in [7, 11) is -3.47. The summed E-state index contributed by atoms with van der Waals surface area (Å²) in [5.41, 5.74) is 0. The van der Waals surface area contributed by atoms with Gasteiger partial charge in [0.15, 0.2) is 0 Å². The second-order valence-electron chi connectivity index (χ2n) is 1.25. The van der Waals surface area contributed by atoms with Gasteiger partial charge in [-0.05, 0) is 0 Å². The van der Waals surface area contributed by atoms with Crippen LogP contribution in [0.3, 0.4) is 0 Å². The zero-order valence-electron chi connectivity index (χ0n) is 3.96. The zero-order valence-corrected chi connectivity index (χ0v) is 4.86. The number of halogens is 1. The molecule has 1 N–H and O–H groups in total. The molecule has 4 nitrogen and oxygen atoms in total. The van der Waals surface area contributed by atoms with Crippen molar-refractivity contribution < 1.29 is 18.1 Å². The van der Waals surface area contributed by atoms with Crippen LogP contribution in [0.1, 0.15) is 0 Å².